The molecule has 13 heteroatoms. The molecule has 0 aliphatic carbocycles. The molecule has 7 nitrogen and oxygen atoms in total. The molecule has 0 saturated heterocycles. The topological polar surface area (TPSA) is 124 Å². The van der Waals surface area contributed by atoms with Gasteiger partial charge in [-0.05, 0) is 48.6 Å². The lowest BCUT2D eigenvalue weighted by molar-refractivity contribution is -0.907. The molecule has 0 saturated carbocycles. The van der Waals surface area contributed by atoms with Crippen LogP contribution in [0.15, 0.2) is 36.4 Å². The fourth-order valence-electron chi connectivity index (χ4n) is 4.39. The summed E-state index contributed by atoms with van der Waals surface area (Å²) < 4.78 is 80.6. The van der Waals surface area contributed by atoms with Gasteiger partial charge in [0.25, 0.3) is 0 Å². The van der Waals surface area contributed by atoms with Crippen LogP contribution in [0.1, 0.15) is 29.5 Å². The number of halogens is 6. The van der Waals surface area contributed by atoms with Gasteiger partial charge >= 0.3 is 6.18 Å². The number of Topliss-reactive ketones (excluding diaryl/α,β-unsaturated/α-hetero) is 1. The number of hydrogen-bond acceptors (Lipinski definition) is 5. The molecule has 0 aliphatic heterocycles. The van der Waals surface area contributed by atoms with Crippen molar-refractivity contribution in [1.29, 1.82) is 0 Å². The molecule has 0 fully saturated rings. The fraction of sp³-hybridized carbons (Fsp3) is 0.481. The number of rotatable bonds is 15. The molecular weight excluding hydrogens is 540 g/mol. The van der Waals surface area contributed by atoms with Crippen LogP contribution in [-0.4, -0.2) is 68.0 Å². The highest BCUT2D eigenvalue weighted by Gasteiger charge is 2.31. The number of nitrogens with two attached hydrogens (primary N) is 3. The average molecular weight is 577 g/mol. The van der Waals surface area contributed by atoms with Gasteiger partial charge in [-0.25, -0.2) is 13.2 Å². The number of benzene rings is 2. The highest BCUT2D eigenvalue weighted by atomic mass is 19.4. The van der Waals surface area contributed by atoms with E-state index in [1.165, 1.54) is 0 Å². The van der Waals surface area contributed by atoms with Crippen LogP contribution in [0.25, 0.3) is 0 Å². The number of amides is 1. The van der Waals surface area contributed by atoms with Gasteiger partial charge in [-0.15, -0.1) is 0 Å². The van der Waals surface area contributed by atoms with Gasteiger partial charge in [0.2, 0.25) is 5.91 Å². The summed E-state index contributed by atoms with van der Waals surface area (Å²) in [5.41, 5.74) is 16.4. The van der Waals surface area contributed by atoms with Crippen molar-refractivity contribution in [3.63, 3.8) is 0 Å². The Labute approximate surface area is 229 Å². The lowest BCUT2D eigenvalue weighted by Gasteiger charge is -2.34. The van der Waals surface area contributed by atoms with E-state index in [9.17, 15) is 35.9 Å². The Morgan fingerprint density at radius 2 is 1.52 bits per heavy atom. The highest BCUT2D eigenvalue weighted by molar-refractivity contribution is 5.92. The Morgan fingerprint density at radius 1 is 0.925 bits per heavy atom. The van der Waals surface area contributed by atoms with Crippen LogP contribution in [0.4, 0.5) is 26.3 Å². The first-order chi connectivity index (χ1) is 18.7. The van der Waals surface area contributed by atoms with Crippen molar-refractivity contribution >= 4 is 11.7 Å². The first-order valence-electron chi connectivity index (χ1n) is 12.8. The van der Waals surface area contributed by atoms with Crippen molar-refractivity contribution < 1.29 is 40.4 Å². The lowest BCUT2D eigenvalue weighted by Crippen LogP contribution is -2.52. The summed E-state index contributed by atoms with van der Waals surface area (Å²) in [5.74, 6) is -6.17. The molecule has 7 N–H and O–H groups in total. The van der Waals surface area contributed by atoms with Gasteiger partial charge in [-0.3, -0.25) is 9.59 Å². The molecule has 0 heterocycles. The van der Waals surface area contributed by atoms with E-state index >= 15 is 0 Å². The Morgan fingerprint density at radius 3 is 2.08 bits per heavy atom. The van der Waals surface area contributed by atoms with Crippen LogP contribution < -0.4 is 22.5 Å². The summed E-state index contributed by atoms with van der Waals surface area (Å²) in [4.78, 5) is 26.0. The predicted octanol–water partition coefficient (Wildman–Crippen LogP) is 2.43. The number of nitrogens with zero attached hydrogens (tertiary/aromatic N) is 1. The zero-order chi connectivity index (χ0) is 30.1. The van der Waals surface area contributed by atoms with E-state index in [0.717, 1.165) is 30.3 Å². The second kappa shape index (κ2) is 14.6. The van der Waals surface area contributed by atoms with Gasteiger partial charge in [0.05, 0.1) is 44.3 Å². The summed E-state index contributed by atoms with van der Waals surface area (Å²) in [6, 6.07) is 3.20. The van der Waals surface area contributed by atoms with Crippen molar-refractivity contribution in [2.75, 3.05) is 39.8 Å². The van der Waals surface area contributed by atoms with Gasteiger partial charge in [0.15, 0.2) is 23.2 Å². The van der Waals surface area contributed by atoms with Gasteiger partial charge in [-0.1, -0.05) is 18.2 Å². The number of carbonyl (C=O) groups excluding carboxylic acids is 2. The molecule has 0 aliphatic rings. The summed E-state index contributed by atoms with van der Waals surface area (Å²) in [5, 5.41) is 2.50. The normalized spacial score (nSPS) is 13.7. The lowest BCUT2D eigenvalue weighted by atomic mass is 9.96. The third-order valence-corrected chi connectivity index (χ3v) is 6.79. The third kappa shape index (κ3) is 9.58. The maximum atomic E-state index is 14.2. The van der Waals surface area contributed by atoms with E-state index in [1.54, 1.807) is 0 Å². The monoisotopic (exact) mass is 576 g/mol. The Kier molecular flexibility index (Phi) is 12.1. The van der Waals surface area contributed by atoms with Crippen LogP contribution >= 0.6 is 0 Å². The molecular formula is C27H36F6N5O2+. The van der Waals surface area contributed by atoms with Crippen molar-refractivity contribution in [1.82, 2.24) is 5.32 Å². The molecule has 0 bridgehead atoms. The quantitative estimate of drug-likeness (QED) is 0.147. The molecule has 2 rings (SSSR count). The van der Waals surface area contributed by atoms with Crippen molar-refractivity contribution in [3.8, 4) is 0 Å². The summed E-state index contributed by atoms with van der Waals surface area (Å²) >= 11 is 0. The summed E-state index contributed by atoms with van der Waals surface area (Å²) in [6.07, 6.45) is -4.70. The van der Waals surface area contributed by atoms with Crippen molar-refractivity contribution in [3.05, 3.63) is 70.5 Å². The largest absolute Gasteiger partial charge is 0.416 e. The Bertz CT molecular complexity index is 1140. The molecule has 2 aromatic rings. The average Bonchev–Trinajstić information content (AvgIpc) is 2.88. The first kappa shape index (κ1) is 33.2. The van der Waals surface area contributed by atoms with Gasteiger partial charge in [-0.2, -0.15) is 13.2 Å². The van der Waals surface area contributed by atoms with Gasteiger partial charge < -0.3 is 27.0 Å². The Balaban J connectivity index is 2.17. The molecule has 0 unspecified atom stereocenters. The minimum absolute atomic E-state index is 0.233. The van der Waals surface area contributed by atoms with Crippen LogP contribution in [0.5, 0.6) is 0 Å². The van der Waals surface area contributed by atoms with E-state index in [2.05, 4.69) is 5.32 Å². The third-order valence-electron chi connectivity index (χ3n) is 6.79. The minimum Gasteiger partial charge on any atom is -0.345 e. The van der Waals surface area contributed by atoms with Crippen LogP contribution in [-0.2, 0) is 28.6 Å². The minimum atomic E-state index is -4.57. The number of likely N-dealkylation sites (N-methyl/N-ethyl adjacent to an activating group) is 1. The molecule has 40 heavy (non-hydrogen) atoms. The molecule has 0 radical (unpaired) electrons. The maximum absolute atomic E-state index is 14.2. The molecule has 0 aromatic heterocycles. The number of ketones is 1. The van der Waals surface area contributed by atoms with Crippen molar-refractivity contribution in [2.45, 2.75) is 43.9 Å². The highest BCUT2D eigenvalue weighted by Crippen LogP contribution is 2.29. The second-order valence-corrected chi connectivity index (χ2v) is 10.1. The van der Waals surface area contributed by atoms with E-state index in [-0.39, 0.29) is 18.4 Å². The first-order valence-corrected chi connectivity index (χ1v) is 12.8. The second-order valence-electron chi connectivity index (χ2n) is 10.1. The molecule has 1 amide bonds. The SMILES string of the molecule is C[N+](CCN)(CCN)CCC[C@H](N)C(=O)N[C@H](Cc1ccc(C(F)(F)F)cc1)C(=O)Cc1ccc(F)c(F)c1F. The van der Waals surface area contributed by atoms with Crippen LogP contribution in [0, 0.1) is 17.5 Å². The number of carbonyl (C=O) groups is 2. The number of alkyl halides is 3. The Hall–Kier alpha value is -3.00. The maximum Gasteiger partial charge on any atom is 0.416 e. The predicted molar refractivity (Wildman–Crippen MR) is 138 cm³/mol. The standard InChI is InChI=1S/C27H35F6N5O2/c1-38(13-10-34,14-11-35)12-2-3-21(36)26(40)37-22(15-17-4-7-19(8-5-17)27(31,32)33)23(39)16-18-6-9-20(28)25(30)24(18)29/h4-9,21-22H,2-3,10-16,34-36H2,1H3/p+1/t21-,22+/m0/s1. The molecule has 0 spiro atoms. The summed E-state index contributed by atoms with van der Waals surface area (Å²) in [7, 11) is 1.99. The smallest absolute Gasteiger partial charge is 0.345 e. The molecule has 222 valence electrons. The van der Waals surface area contributed by atoms with Crippen LogP contribution in [0.3, 0.4) is 0 Å². The van der Waals surface area contributed by atoms with Gasteiger partial charge in [0, 0.05) is 19.5 Å². The van der Waals surface area contributed by atoms with Gasteiger partial charge in [0.1, 0.15) is 0 Å². The van der Waals surface area contributed by atoms with E-state index in [1.807, 2.05) is 7.05 Å². The number of nitrogens with one attached hydrogen (secondary N) is 1. The van der Waals surface area contributed by atoms with E-state index in [4.69, 9.17) is 17.2 Å². The molecule has 2 aromatic carbocycles. The summed E-state index contributed by atoms with van der Waals surface area (Å²) in [6.45, 7) is 2.93. The molecule has 2 atom stereocenters. The van der Waals surface area contributed by atoms with Crippen molar-refractivity contribution in [2.24, 2.45) is 17.2 Å². The fourth-order valence-corrected chi connectivity index (χ4v) is 4.39. The number of hydrogen-bond donors (Lipinski definition) is 4. The van der Waals surface area contributed by atoms with Crippen LogP contribution in [0.2, 0.25) is 0 Å². The zero-order valence-corrected chi connectivity index (χ0v) is 22.2. The van der Waals surface area contributed by atoms with E-state index in [0.29, 0.717) is 49.7 Å². The zero-order valence-electron chi connectivity index (χ0n) is 22.2. The number of quaternary nitrogens is 1. The van der Waals surface area contributed by atoms with E-state index < -0.39 is 64.9 Å².